The SMILES string of the molecule is CNCc1ccc(-n2nc(C)cc2C)cc1C(F)(F)F. The van der Waals surface area contributed by atoms with E-state index in [1.54, 1.807) is 13.1 Å². The number of aryl methyl sites for hydroxylation is 2. The number of aromatic nitrogens is 2. The van der Waals surface area contributed by atoms with Crippen molar-refractivity contribution in [2.45, 2.75) is 26.6 Å². The zero-order valence-corrected chi connectivity index (χ0v) is 11.5. The number of nitrogens with one attached hydrogen (secondary N) is 1. The van der Waals surface area contributed by atoms with Gasteiger partial charge in [-0.25, -0.2) is 4.68 Å². The molecule has 1 aromatic heterocycles. The lowest BCUT2D eigenvalue weighted by Gasteiger charge is -2.15. The summed E-state index contributed by atoms with van der Waals surface area (Å²) in [5.41, 5.74) is 1.59. The van der Waals surface area contributed by atoms with Gasteiger partial charge in [0.25, 0.3) is 0 Å². The molecule has 0 aliphatic carbocycles. The number of hydrogen-bond acceptors (Lipinski definition) is 2. The minimum atomic E-state index is -4.38. The monoisotopic (exact) mass is 283 g/mol. The van der Waals surface area contributed by atoms with E-state index in [-0.39, 0.29) is 12.1 Å². The fourth-order valence-electron chi connectivity index (χ4n) is 2.19. The third kappa shape index (κ3) is 2.85. The number of hydrogen-bond donors (Lipinski definition) is 1. The van der Waals surface area contributed by atoms with Crippen molar-refractivity contribution in [1.29, 1.82) is 0 Å². The maximum absolute atomic E-state index is 13.1. The molecule has 0 fully saturated rings. The molecule has 0 spiro atoms. The van der Waals surface area contributed by atoms with Gasteiger partial charge in [-0.1, -0.05) is 6.07 Å². The molecule has 1 heterocycles. The van der Waals surface area contributed by atoms with Crippen LogP contribution < -0.4 is 5.32 Å². The van der Waals surface area contributed by atoms with Crippen molar-refractivity contribution in [2.24, 2.45) is 0 Å². The number of benzene rings is 1. The Morgan fingerprint density at radius 2 is 1.90 bits per heavy atom. The Morgan fingerprint density at radius 1 is 1.20 bits per heavy atom. The van der Waals surface area contributed by atoms with Crippen molar-refractivity contribution in [3.05, 3.63) is 46.8 Å². The van der Waals surface area contributed by atoms with Gasteiger partial charge in [-0.3, -0.25) is 0 Å². The molecule has 3 nitrogen and oxygen atoms in total. The molecule has 0 aliphatic rings. The van der Waals surface area contributed by atoms with E-state index in [0.29, 0.717) is 5.69 Å². The van der Waals surface area contributed by atoms with Gasteiger partial charge < -0.3 is 5.32 Å². The molecule has 0 amide bonds. The summed E-state index contributed by atoms with van der Waals surface area (Å²) in [5, 5.41) is 6.96. The number of nitrogens with zero attached hydrogens (tertiary/aromatic N) is 2. The van der Waals surface area contributed by atoms with Crippen LogP contribution in [0.3, 0.4) is 0 Å². The van der Waals surface area contributed by atoms with Gasteiger partial charge in [-0.2, -0.15) is 18.3 Å². The van der Waals surface area contributed by atoms with Gasteiger partial charge >= 0.3 is 6.18 Å². The van der Waals surface area contributed by atoms with Gasteiger partial charge in [-0.05, 0) is 44.7 Å². The molecule has 0 saturated heterocycles. The molecule has 0 saturated carbocycles. The summed E-state index contributed by atoms with van der Waals surface area (Å²) in [6.45, 7) is 3.80. The Labute approximate surface area is 115 Å². The van der Waals surface area contributed by atoms with E-state index in [4.69, 9.17) is 0 Å². The van der Waals surface area contributed by atoms with Gasteiger partial charge in [-0.15, -0.1) is 0 Å². The summed E-state index contributed by atoms with van der Waals surface area (Å²) in [7, 11) is 1.62. The highest BCUT2D eigenvalue weighted by Gasteiger charge is 2.33. The Hall–Kier alpha value is -1.82. The average Bonchev–Trinajstić information content (AvgIpc) is 2.68. The fraction of sp³-hybridized carbons (Fsp3) is 0.357. The summed E-state index contributed by atoms with van der Waals surface area (Å²) in [6.07, 6.45) is -4.38. The summed E-state index contributed by atoms with van der Waals surface area (Å²) < 4.78 is 40.9. The normalized spacial score (nSPS) is 11.9. The predicted molar refractivity (Wildman–Crippen MR) is 70.8 cm³/mol. The lowest BCUT2D eigenvalue weighted by Crippen LogP contribution is -2.15. The minimum absolute atomic E-state index is 0.173. The second-order valence-electron chi connectivity index (χ2n) is 4.71. The molecular weight excluding hydrogens is 267 g/mol. The Balaban J connectivity index is 2.55. The first-order valence-electron chi connectivity index (χ1n) is 6.21. The lowest BCUT2D eigenvalue weighted by molar-refractivity contribution is -0.138. The molecule has 2 rings (SSSR count). The predicted octanol–water partition coefficient (Wildman–Crippen LogP) is 3.23. The largest absolute Gasteiger partial charge is 0.416 e. The van der Waals surface area contributed by atoms with Crippen molar-refractivity contribution in [3.63, 3.8) is 0 Å². The minimum Gasteiger partial charge on any atom is -0.316 e. The summed E-state index contributed by atoms with van der Waals surface area (Å²) in [4.78, 5) is 0. The second kappa shape index (κ2) is 5.28. The van der Waals surface area contributed by atoms with Crippen molar-refractivity contribution in [2.75, 3.05) is 7.05 Å². The number of halogens is 3. The van der Waals surface area contributed by atoms with Crippen LogP contribution in [0.25, 0.3) is 5.69 Å². The molecule has 0 bridgehead atoms. The smallest absolute Gasteiger partial charge is 0.316 e. The van der Waals surface area contributed by atoms with E-state index in [2.05, 4.69) is 10.4 Å². The van der Waals surface area contributed by atoms with Gasteiger partial charge in [0.15, 0.2) is 0 Å². The maximum atomic E-state index is 13.1. The molecule has 108 valence electrons. The van der Waals surface area contributed by atoms with E-state index in [9.17, 15) is 13.2 Å². The highest BCUT2D eigenvalue weighted by atomic mass is 19.4. The molecule has 0 radical (unpaired) electrons. The number of rotatable bonds is 3. The molecule has 1 N–H and O–H groups in total. The van der Waals surface area contributed by atoms with E-state index in [1.807, 2.05) is 19.9 Å². The van der Waals surface area contributed by atoms with Crippen LogP contribution in [0, 0.1) is 13.8 Å². The zero-order chi connectivity index (χ0) is 14.9. The van der Waals surface area contributed by atoms with Crippen LogP contribution in [0.15, 0.2) is 24.3 Å². The van der Waals surface area contributed by atoms with Crippen LogP contribution in [0.2, 0.25) is 0 Å². The van der Waals surface area contributed by atoms with Crippen molar-refractivity contribution < 1.29 is 13.2 Å². The molecule has 1 aromatic carbocycles. The molecule has 6 heteroatoms. The van der Waals surface area contributed by atoms with Crippen LogP contribution in [-0.4, -0.2) is 16.8 Å². The Bertz CT molecular complexity index is 615. The van der Waals surface area contributed by atoms with Crippen LogP contribution in [0.1, 0.15) is 22.5 Å². The highest BCUT2D eigenvalue weighted by Crippen LogP contribution is 2.33. The van der Waals surface area contributed by atoms with E-state index >= 15 is 0 Å². The summed E-state index contributed by atoms with van der Waals surface area (Å²) in [6, 6.07) is 6.12. The van der Waals surface area contributed by atoms with Crippen LogP contribution in [-0.2, 0) is 12.7 Å². The number of alkyl halides is 3. The fourth-order valence-corrected chi connectivity index (χ4v) is 2.19. The first-order valence-corrected chi connectivity index (χ1v) is 6.21. The van der Waals surface area contributed by atoms with E-state index < -0.39 is 11.7 Å². The van der Waals surface area contributed by atoms with Gasteiger partial charge in [0.2, 0.25) is 0 Å². The van der Waals surface area contributed by atoms with Crippen LogP contribution >= 0.6 is 0 Å². The quantitative estimate of drug-likeness (QED) is 0.937. The maximum Gasteiger partial charge on any atom is 0.416 e. The van der Waals surface area contributed by atoms with Crippen LogP contribution in [0.4, 0.5) is 13.2 Å². The first kappa shape index (κ1) is 14.6. The van der Waals surface area contributed by atoms with E-state index in [0.717, 1.165) is 17.5 Å². The topological polar surface area (TPSA) is 29.9 Å². The zero-order valence-electron chi connectivity index (χ0n) is 11.5. The highest BCUT2D eigenvalue weighted by molar-refractivity contribution is 5.42. The Kier molecular flexibility index (Phi) is 3.85. The average molecular weight is 283 g/mol. The molecular formula is C14H16F3N3. The lowest BCUT2D eigenvalue weighted by atomic mass is 10.1. The van der Waals surface area contributed by atoms with Crippen molar-refractivity contribution in [3.8, 4) is 5.69 Å². The Morgan fingerprint density at radius 3 is 2.40 bits per heavy atom. The molecule has 0 unspecified atom stereocenters. The molecule has 0 atom stereocenters. The first-order chi connectivity index (χ1) is 9.32. The van der Waals surface area contributed by atoms with E-state index in [1.165, 1.54) is 10.7 Å². The van der Waals surface area contributed by atoms with Crippen molar-refractivity contribution >= 4 is 0 Å². The molecule has 0 aliphatic heterocycles. The van der Waals surface area contributed by atoms with Gasteiger partial charge in [0.1, 0.15) is 0 Å². The molecule has 2 aromatic rings. The summed E-state index contributed by atoms with van der Waals surface area (Å²) >= 11 is 0. The third-order valence-electron chi connectivity index (χ3n) is 3.02. The standard InChI is InChI=1S/C14H16F3N3/c1-9-6-10(2)20(19-9)12-5-4-11(8-18-3)13(7-12)14(15,16)17/h4-7,18H,8H2,1-3H3. The summed E-state index contributed by atoms with van der Waals surface area (Å²) in [5.74, 6) is 0. The van der Waals surface area contributed by atoms with Crippen molar-refractivity contribution in [1.82, 2.24) is 15.1 Å². The molecule has 20 heavy (non-hydrogen) atoms. The van der Waals surface area contributed by atoms with Crippen LogP contribution in [0.5, 0.6) is 0 Å². The van der Waals surface area contributed by atoms with Gasteiger partial charge in [0.05, 0.1) is 16.9 Å². The third-order valence-corrected chi connectivity index (χ3v) is 3.02. The second-order valence-corrected chi connectivity index (χ2v) is 4.71. The van der Waals surface area contributed by atoms with Gasteiger partial charge in [0, 0.05) is 12.2 Å².